The SMILES string of the molecule is CCCOc1ccc(CN2CCN(C(=O)/C=C/c3ccc(Cl)cc3Cn3nnc(C)n3)C(C)C2)nc1. The number of hydrogen-bond donors (Lipinski definition) is 0. The fourth-order valence-corrected chi connectivity index (χ4v) is 4.41. The van der Waals surface area contributed by atoms with Crippen LogP contribution < -0.4 is 4.74 Å². The molecule has 0 radical (unpaired) electrons. The molecule has 0 bridgehead atoms. The van der Waals surface area contributed by atoms with Gasteiger partial charge in [0.1, 0.15) is 5.75 Å². The Morgan fingerprint density at radius 1 is 1.22 bits per heavy atom. The summed E-state index contributed by atoms with van der Waals surface area (Å²) in [5, 5.41) is 12.8. The van der Waals surface area contributed by atoms with Gasteiger partial charge in [0.25, 0.3) is 0 Å². The summed E-state index contributed by atoms with van der Waals surface area (Å²) < 4.78 is 5.61. The third kappa shape index (κ3) is 6.89. The molecule has 0 spiro atoms. The van der Waals surface area contributed by atoms with E-state index in [2.05, 4.69) is 39.1 Å². The van der Waals surface area contributed by atoms with Gasteiger partial charge >= 0.3 is 0 Å². The van der Waals surface area contributed by atoms with Gasteiger partial charge in [-0.15, -0.1) is 10.2 Å². The van der Waals surface area contributed by atoms with Crippen LogP contribution in [0.2, 0.25) is 5.02 Å². The standard InChI is InChI=1S/C26H32ClN7O2/c1-4-13-36-25-9-8-24(28-15-25)18-32-11-12-33(19(2)16-32)26(35)10-6-21-5-7-23(27)14-22(21)17-34-30-20(3)29-31-34/h5-10,14-15,19H,4,11-13,16-18H2,1-3H3/b10-6+. The van der Waals surface area contributed by atoms with Crippen molar-refractivity contribution in [2.45, 2.75) is 46.3 Å². The fourth-order valence-electron chi connectivity index (χ4n) is 4.22. The Kier molecular flexibility index (Phi) is 8.66. The molecule has 1 aliphatic heterocycles. The van der Waals surface area contributed by atoms with E-state index in [9.17, 15) is 4.79 Å². The summed E-state index contributed by atoms with van der Waals surface area (Å²) in [7, 11) is 0. The molecule has 1 aliphatic rings. The first-order valence-electron chi connectivity index (χ1n) is 12.2. The Labute approximate surface area is 216 Å². The predicted octanol–water partition coefficient (Wildman–Crippen LogP) is 3.61. The summed E-state index contributed by atoms with van der Waals surface area (Å²) in [5.41, 5.74) is 2.81. The Morgan fingerprint density at radius 3 is 2.78 bits per heavy atom. The van der Waals surface area contributed by atoms with Gasteiger partial charge < -0.3 is 9.64 Å². The van der Waals surface area contributed by atoms with Gasteiger partial charge in [-0.1, -0.05) is 24.6 Å². The zero-order valence-electron chi connectivity index (χ0n) is 21.0. The van der Waals surface area contributed by atoms with Crippen molar-refractivity contribution in [3.8, 4) is 5.75 Å². The molecule has 9 nitrogen and oxygen atoms in total. The number of piperazine rings is 1. The lowest BCUT2D eigenvalue weighted by Gasteiger charge is -2.39. The Bertz CT molecular complexity index is 1200. The number of tetrazole rings is 1. The number of halogens is 1. The minimum atomic E-state index is -0.00618. The smallest absolute Gasteiger partial charge is 0.246 e. The normalized spacial score (nSPS) is 16.6. The van der Waals surface area contributed by atoms with Crippen LogP contribution in [0.25, 0.3) is 6.08 Å². The van der Waals surface area contributed by atoms with Gasteiger partial charge in [0.05, 0.1) is 25.0 Å². The average Bonchev–Trinajstić information content (AvgIpc) is 3.27. The number of carbonyl (C=O) groups excluding carboxylic acids is 1. The molecule has 1 unspecified atom stereocenters. The lowest BCUT2D eigenvalue weighted by Crippen LogP contribution is -2.53. The zero-order valence-corrected chi connectivity index (χ0v) is 21.7. The number of pyridine rings is 1. The molecule has 3 heterocycles. The highest BCUT2D eigenvalue weighted by atomic mass is 35.5. The molecule has 190 valence electrons. The summed E-state index contributed by atoms with van der Waals surface area (Å²) >= 11 is 6.21. The highest BCUT2D eigenvalue weighted by molar-refractivity contribution is 6.30. The van der Waals surface area contributed by atoms with E-state index in [0.717, 1.165) is 48.6 Å². The Balaban J connectivity index is 1.34. The zero-order chi connectivity index (χ0) is 25.5. The van der Waals surface area contributed by atoms with E-state index in [-0.39, 0.29) is 11.9 Å². The van der Waals surface area contributed by atoms with Gasteiger partial charge in [0, 0.05) is 43.3 Å². The van der Waals surface area contributed by atoms with E-state index in [4.69, 9.17) is 16.3 Å². The van der Waals surface area contributed by atoms with Crippen molar-refractivity contribution in [2.75, 3.05) is 26.2 Å². The van der Waals surface area contributed by atoms with Crippen molar-refractivity contribution in [3.05, 3.63) is 70.3 Å². The predicted molar refractivity (Wildman–Crippen MR) is 139 cm³/mol. The summed E-state index contributed by atoms with van der Waals surface area (Å²) in [6.45, 7) is 10.1. The first kappa shape index (κ1) is 25.8. The van der Waals surface area contributed by atoms with Gasteiger partial charge in [0.15, 0.2) is 5.82 Å². The molecular formula is C26H32ClN7O2. The number of hydrogen-bond acceptors (Lipinski definition) is 7. The molecule has 0 aliphatic carbocycles. The molecule has 1 saturated heterocycles. The number of benzene rings is 1. The van der Waals surface area contributed by atoms with E-state index in [1.165, 1.54) is 4.80 Å². The van der Waals surface area contributed by atoms with Crippen LogP contribution in [0.1, 0.15) is 42.9 Å². The van der Waals surface area contributed by atoms with Crippen molar-refractivity contribution in [1.29, 1.82) is 0 Å². The van der Waals surface area contributed by atoms with Crippen LogP contribution in [-0.4, -0.2) is 73.2 Å². The molecule has 3 aromatic rings. The van der Waals surface area contributed by atoms with Gasteiger partial charge in [-0.25, -0.2) is 0 Å². The van der Waals surface area contributed by atoms with E-state index < -0.39 is 0 Å². The molecule has 1 fully saturated rings. The summed E-state index contributed by atoms with van der Waals surface area (Å²) in [5.74, 6) is 1.40. The molecule has 10 heteroatoms. The molecule has 2 aromatic heterocycles. The second kappa shape index (κ2) is 12.1. The maximum Gasteiger partial charge on any atom is 0.246 e. The van der Waals surface area contributed by atoms with E-state index in [0.29, 0.717) is 30.5 Å². The number of nitrogens with zero attached hydrogens (tertiary/aromatic N) is 7. The van der Waals surface area contributed by atoms with Crippen LogP contribution in [0.5, 0.6) is 5.75 Å². The lowest BCUT2D eigenvalue weighted by molar-refractivity contribution is -0.130. The topological polar surface area (TPSA) is 89.3 Å². The molecule has 1 aromatic carbocycles. The van der Waals surface area contributed by atoms with E-state index >= 15 is 0 Å². The number of aromatic nitrogens is 5. The molecule has 1 amide bonds. The van der Waals surface area contributed by atoms with Crippen LogP contribution in [0.15, 0.2) is 42.6 Å². The second-order valence-corrected chi connectivity index (χ2v) is 9.43. The first-order valence-corrected chi connectivity index (χ1v) is 12.6. The fraction of sp³-hybridized carbons (Fsp3) is 0.423. The summed E-state index contributed by atoms with van der Waals surface area (Å²) in [6, 6.07) is 9.65. The average molecular weight is 510 g/mol. The van der Waals surface area contributed by atoms with Crippen molar-refractivity contribution < 1.29 is 9.53 Å². The Hall–Kier alpha value is -3.30. The number of amides is 1. The van der Waals surface area contributed by atoms with Crippen LogP contribution in [0.4, 0.5) is 0 Å². The first-order chi connectivity index (χ1) is 17.4. The van der Waals surface area contributed by atoms with Crippen LogP contribution in [0.3, 0.4) is 0 Å². The largest absolute Gasteiger partial charge is 0.492 e. The number of carbonyl (C=O) groups is 1. The molecule has 1 atom stereocenters. The summed E-state index contributed by atoms with van der Waals surface area (Å²) in [6.07, 6.45) is 6.22. The number of aryl methyl sites for hydroxylation is 1. The Morgan fingerprint density at radius 2 is 2.08 bits per heavy atom. The maximum absolute atomic E-state index is 13.0. The van der Waals surface area contributed by atoms with Crippen molar-refractivity contribution in [3.63, 3.8) is 0 Å². The van der Waals surface area contributed by atoms with Crippen molar-refractivity contribution in [1.82, 2.24) is 35.0 Å². The van der Waals surface area contributed by atoms with Crippen molar-refractivity contribution >= 4 is 23.6 Å². The van der Waals surface area contributed by atoms with Crippen LogP contribution >= 0.6 is 11.6 Å². The van der Waals surface area contributed by atoms with Crippen LogP contribution in [0, 0.1) is 6.92 Å². The number of rotatable bonds is 9. The van der Waals surface area contributed by atoms with Gasteiger partial charge in [-0.05, 0) is 67.0 Å². The monoisotopic (exact) mass is 509 g/mol. The second-order valence-electron chi connectivity index (χ2n) is 8.99. The molecular weight excluding hydrogens is 478 g/mol. The summed E-state index contributed by atoms with van der Waals surface area (Å²) in [4.78, 5) is 23.3. The molecule has 0 N–H and O–H groups in total. The van der Waals surface area contributed by atoms with Gasteiger partial charge in [-0.2, -0.15) is 4.80 Å². The van der Waals surface area contributed by atoms with E-state index in [1.807, 2.05) is 41.3 Å². The third-order valence-corrected chi connectivity index (χ3v) is 6.26. The third-order valence-electron chi connectivity index (χ3n) is 6.03. The highest BCUT2D eigenvalue weighted by Crippen LogP contribution is 2.20. The molecule has 36 heavy (non-hydrogen) atoms. The quantitative estimate of drug-likeness (QED) is 0.407. The van der Waals surface area contributed by atoms with E-state index in [1.54, 1.807) is 19.2 Å². The lowest BCUT2D eigenvalue weighted by atomic mass is 10.1. The molecule has 4 rings (SSSR count). The maximum atomic E-state index is 13.0. The molecule has 0 saturated carbocycles. The highest BCUT2D eigenvalue weighted by Gasteiger charge is 2.26. The minimum absolute atomic E-state index is 0.00618. The van der Waals surface area contributed by atoms with Crippen molar-refractivity contribution in [2.24, 2.45) is 0 Å². The minimum Gasteiger partial charge on any atom is -0.492 e. The number of ether oxygens (including phenoxy) is 1. The van der Waals surface area contributed by atoms with Crippen LogP contribution in [-0.2, 0) is 17.9 Å². The van der Waals surface area contributed by atoms with Gasteiger partial charge in [-0.3, -0.25) is 14.7 Å². The van der Waals surface area contributed by atoms with Gasteiger partial charge in [0.2, 0.25) is 5.91 Å².